The van der Waals surface area contributed by atoms with Crippen LogP contribution in [-0.4, -0.2) is 16.6 Å². The molecule has 4 rings (SSSR count). The third kappa shape index (κ3) is 4.58. The van der Waals surface area contributed by atoms with Crippen molar-refractivity contribution in [3.63, 3.8) is 0 Å². The molecule has 0 aliphatic heterocycles. The number of thiazole rings is 1. The lowest BCUT2D eigenvalue weighted by molar-refractivity contribution is -0.118. The van der Waals surface area contributed by atoms with Crippen LogP contribution in [0.25, 0.3) is 10.2 Å². The van der Waals surface area contributed by atoms with Gasteiger partial charge in [-0.3, -0.25) is 9.69 Å². The Kier molecular flexibility index (Phi) is 6.00. The Labute approximate surface area is 176 Å². The van der Waals surface area contributed by atoms with Crippen LogP contribution in [0.5, 0.6) is 0 Å². The number of para-hydroxylation sites is 1. The molecule has 0 bridgehead atoms. The van der Waals surface area contributed by atoms with Crippen LogP contribution in [0.2, 0.25) is 5.02 Å². The minimum Gasteiger partial charge on any atom is -0.467 e. The lowest BCUT2D eigenvalue weighted by Crippen LogP contribution is -2.30. The number of halogens is 1. The van der Waals surface area contributed by atoms with Crippen molar-refractivity contribution in [3.8, 4) is 0 Å². The first-order valence-corrected chi connectivity index (χ1v) is 10.9. The Morgan fingerprint density at radius 2 is 1.93 bits per heavy atom. The third-order valence-electron chi connectivity index (χ3n) is 4.11. The summed E-state index contributed by atoms with van der Waals surface area (Å²) in [5.41, 5.74) is 0.898. The van der Waals surface area contributed by atoms with E-state index in [0.717, 1.165) is 20.9 Å². The molecular weight excluding hydrogens is 412 g/mol. The van der Waals surface area contributed by atoms with Gasteiger partial charge in [-0.15, -0.1) is 11.8 Å². The molecule has 0 aliphatic carbocycles. The quantitative estimate of drug-likeness (QED) is 0.326. The number of furan rings is 1. The first-order valence-electron chi connectivity index (χ1n) is 8.76. The van der Waals surface area contributed by atoms with Gasteiger partial charge in [-0.1, -0.05) is 35.1 Å². The van der Waals surface area contributed by atoms with E-state index in [1.54, 1.807) is 22.9 Å². The second-order valence-corrected chi connectivity index (χ2v) is 8.69. The number of fused-ring (bicyclic) bond motifs is 1. The Morgan fingerprint density at radius 3 is 2.68 bits per heavy atom. The molecule has 0 fully saturated rings. The van der Waals surface area contributed by atoms with Gasteiger partial charge in [-0.2, -0.15) is 0 Å². The summed E-state index contributed by atoms with van der Waals surface area (Å²) in [6, 6.07) is 19.2. The molecular formula is C21H17ClN2O2S2. The number of carbonyl (C=O) groups is 1. The van der Waals surface area contributed by atoms with Crippen LogP contribution >= 0.6 is 34.7 Å². The molecule has 0 saturated carbocycles. The number of nitrogens with zero attached hydrogens (tertiary/aromatic N) is 2. The van der Waals surface area contributed by atoms with Crippen LogP contribution in [0, 0.1) is 0 Å². The van der Waals surface area contributed by atoms with Crippen molar-refractivity contribution < 1.29 is 9.21 Å². The smallest absolute Gasteiger partial charge is 0.230 e. The fraction of sp³-hybridized carbons (Fsp3) is 0.143. The molecule has 7 heteroatoms. The van der Waals surface area contributed by atoms with E-state index >= 15 is 0 Å². The topological polar surface area (TPSA) is 46.3 Å². The second kappa shape index (κ2) is 8.82. The predicted molar refractivity (Wildman–Crippen MR) is 116 cm³/mol. The molecule has 2 aromatic carbocycles. The van der Waals surface area contributed by atoms with Gasteiger partial charge in [-0.25, -0.2) is 4.98 Å². The molecule has 0 N–H and O–H groups in total. The Balaban J connectivity index is 1.49. The lowest BCUT2D eigenvalue weighted by Gasteiger charge is -2.18. The fourth-order valence-corrected chi connectivity index (χ4v) is 4.67. The number of carbonyl (C=O) groups excluding carboxylic acids is 1. The van der Waals surface area contributed by atoms with E-state index in [2.05, 4.69) is 4.98 Å². The van der Waals surface area contributed by atoms with E-state index < -0.39 is 0 Å². The van der Waals surface area contributed by atoms with Crippen LogP contribution in [0.1, 0.15) is 12.2 Å². The third-order valence-corrected chi connectivity index (χ3v) is 6.43. The number of amides is 1. The highest BCUT2D eigenvalue weighted by molar-refractivity contribution is 7.99. The molecule has 142 valence electrons. The maximum absolute atomic E-state index is 13.0. The number of rotatable bonds is 7. The van der Waals surface area contributed by atoms with Gasteiger partial charge in [-0.05, 0) is 48.5 Å². The predicted octanol–water partition coefficient (Wildman–Crippen LogP) is 6.26. The van der Waals surface area contributed by atoms with Crippen molar-refractivity contribution in [2.75, 3.05) is 10.7 Å². The van der Waals surface area contributed by atoms with Gasteiger partial charge in [0.25, 0.3) is 0 Å². The van der Waals surface area contributed by atoms with Crippen molar-refractivity contribution >= 4 is 56.0 Å². The second-order valence-electron chi connectivity index (χ2n) is 6.08. The van der Waals surface area contributed by atoms with Gasteiger partial charge in [0, 0.05) is 22.1 Å². The van der Waals surface area contributed by atoms with Crippen LogP contribution in [0.3, 0.4) is 0 Å². The number of anilines is 1. The largest absolute Gasteiger partial charge is 0.467 e. The van der Waals surface area contributed by atoms with Gasteiger partial charge >= 0.3 is 0 Å². The Morgan fingerprint density at radius 1 is 1.11 bits per heavy atom. The van der Waals surface area contributed by atoms with Crippen molar-refractivity contribution in [3.05, 3.63) is 77.7 Å². The molecule has 4 aromatic rings. The SMILES string of the molecule is O=C(CCSc1ccc(Cl)cc1)N(Cc1ccco1)c1nc2ccccc2s1. The zero-order valence-corrected chi connectivity index (χ0v) is 17.3. The summed E-state index contributed by atoms with van der Waals surface area (Å²) in [6.07, 6.45) is 2.02. The number of aromatic nitrogens is 1. The molecule has 2 heterocycles. The summed E-state index contributed by atoms with van der Waals surface area (Å²) in [4.78, 5) is 20.5. The number of benzene rings is 2. The van der Waals surface area contributed by atoms with Crippen molar-refractivity contribution in [2.24, 2.45) is 0 Å². The molecule has 28 heavy (non-hydrogen) atoms. The average Bonchev–Trinajstić information content (AvgIpc) is 3.36. The molecule has 2 aromatic heterocycles. The zero-order valence-electron chi connectivity index (χ0n) is 14.9. The summed E-state index contributed by atoms with van der Waals surface area (Å²) < 4.78 is 6.52. The summed E-state index contributed by atoms with van der Waals surface area (Å²) in [5.74, 6) is 1.44. The molecule has 0 atom stereocenters. The maximum Gasteiger partial charge on any atom is 0.230 e. The van der Waals surface area contributed by atoms with Gasteiger partial charge in [0.2, 0.25) is 5.91 Å². The van der Waals surface area contributed by atoms with Gasteiger partial charge in [0.15, 0.2) is 5.13 Å². The molecule has 1 amide bonds. The molecule has 0 unspecified atom stereocenters. The highest BCUT2D eigenvalue weighted by atomic mass is 35.5. The average molecular weight is 429 g/mol. The summed E-state index contributed by atoms with van der Waals surface area (Å²) >= 11 is 9.08. The molecule has 4 nitrogen and oxygen atoms in total. The first kappa shape index (κ1) is 19.1. The van der Waals surface area contributed by atoms with E-state index in [1.165, 1.54) is 11.3 Å². The van der Waals surface area contributed by atoms with E-state index in [4.69, 9.17) is 16.0 Å². The monoisotopic (exact) mass is 428 g/mol. The maximum atomic E-state index is 13.0. The zero-order chi connectivity index (χ0) is 19.3. The van der Waals surface area contributed by atoms with Crippen LogP contribution in [0.15, 0.2) is 76.2 Å². The Bertz CT molecular complexity index is 1030. The van der Waals surface area contributed by atoms with E-state index in [-0.39, 0.29) is 5.91 Å². The molecule has 0 radical (unpaired) electrons. The summed E-state index contributed by atoms with van der Waals surface area (Å²) in [5, 5.41) is 1.40. The lowest BCUT2D eigenvalue weighted by atomic mass is 10.3. The van der Waals surface area contributed by atoms with Crippen LogP contribution in [-0.2, 0) is 11.3 Å². The van der Waals surface area contributed by atoms with Gasteiger partial charge < -0.3 is 4.42 Å². The first-order chi connectivity index (χ1) is 13.7. The van der Waals surface area contributed by atoms with Gasteiger partial charge in [0.05, 0.1) is 23.0 Å². The van der Waals surface area contributed by atoms with E-state index in [0.29, 0.717) is 28.9 Å². The molecule has 0 aliphatic rings. The van der Waals surface area contributed by atoms with E-state index in [1.807, 2.05) is 60.7 Å². The van der Waals surface area contributed by atoms with Crippen LogP contribution < -0.4 is 4.90 Å². The minimum absolute atomic E-state index is 0.0249. The number of hydrogen-bond acceptors (Lipinski definition) is 5. The highest BCUT2D eigenvalue weighted by Gasteiger charge is 2.21. The normalized spacial score (nSPS) is 11.0. The van der Waals surface area contributed by atoms with Crippen molar-refractivity contribution in [1.29, 1.82) is 0 Å². The van der Waals surface area contributed by atoms with E-state index in [9.17, 15) is 4.79 Å². The van der Waals surface area contributed by atoms with Gasteiger partial charge in [0.1, 0.15) is 5.76 Å². The number of hydrogen-bond donors (Lipinski definition) is 0. The standard InChI is InChI=1S/C21H17ClN2O2S2/c22-15-7-9-17(10-8-15)27-13-11-20(25)24(14-16-4-3-12-26-16)21-23-18-5-1-2-6-19(18)28-21/h1-10,12H,11,13-14H2. The van der Waals surface area contributed by atoms with Crippen molar-refractivity contribution in [1.82, 2.24) is 4.98 Å². The highest BCUT2D eigenvalue weighted by Crippen LogP contribution is 2.30. The fourth-order valence-electron chi connectivity index (χ4n) is 2.72. The summed E-state index contributed by atoms with van der Waals surface area (Å²) in [6.45, 7) is 0.372. The van der Waals surface area contributed by atoms with Crippen molar-refractivity contribution in [2.45, 2.75) is 17.9 Å². The molecule has 0 spiro atoms. The summed E-state index contributed by atoms with van der Waals surface area (Å²) in [7, 11) is 0. The Hall–Kier alpha value is -2.28. The van der Waals surface area contributed by atoms with Crippen LogP contribution in [0.4, 0.5) is 5.13 Å². The number of thioether (sulfide) groups is 1. The molecule has 0 saturated heterocycles. The minimum atomic E-state index is 0.0249.